The minimum atomic E-state index is -0.245. The molecule has 0 aliphatic carbocycles. The molecule has 7 nitrogen and oxygen atoms in total. The predicted octanol–water partition coefficient (Wildman–Crippen LogP) is 1.04. The number of nitrogens with one attached hydrogen (secondary N) is 1. The first-order valence-electron chi connectivity index (χ1n) is 6.79. The second-order valence-electron chi connectivity index (χ2n) is 4.57. The molecule has 1 aromatic carbocycles. The van der Waals surface area contributed by atoms with Gasteiger partial charge in [0.2, 0.25) is 0 Å². The first kappa shape index (κ1) is 13.5. The van der Waals surface area contributed by atoms with Gasteiger partial charge in [-0.3, -0.25) is 10.5 Å². The minimum absolute atomic E-state index is 0.245. The normalized spacial score (nSPS) is 12.5. The highest BCUT2D eigenvalue weighted by Gasteiger charge is 2.20. The fourth-order valence-corrected chi connectivity index (χ4v) is 2.27. The van der Waals surface area contributed by atoms with Gasteiger partial charge in [-0.25, -0.2) is 5.43 Å². The first-order valence-corrected chi connectivity index (χ1v) is 6.79. The van der Waals surface area contributed by atoms with E-state index in [2.05, 4.69) is 20.7 Å². The highest BCUT2D eigenvalue weighted by atomic mass is 15.5. The van der Waals surface area contributed by atoms with Gasteiger partial charge in [0.25, 0.3) is 0 Å². The molecule has 0 saturated carbocycles. The molecule has 1 unspecified atom stereocenters. The van der Waals surface area contributed by atoms with Gasteiger partial charge in [-0.15, -0.1) is 0 Å². The number of rotatable bonds is 5. The molecule has 108 valence electrons. The Morgan fingerprint density at radius 3 is 2.71 bits per heavy atom. The Labute approximate surface area is 122 Å². The molecule has 0 aliphatic rings. The Bertz CT molecular complexity index is 701. The smallest absolute Gasteiger partial charge is 0.108 e. The van der Waals surface area contributed by atoms with E-state index in [1.165, 1.54) is 0 Å². The Hall–Kier alpha value is -2.51. The Morgan fingerprint density at radius 1 is 1.19 bits per heavy atom. The molecule has 3 aromatic rings. The van der Waals surface area contributed by atoms with Crippen molar-refractivity contribution < 1.29 is 0 Å². The zero-order valence-electron chi connectivity index (χ0n) is 11.7. The molecule has 3 N–H and O–H groups in total. The van der Waals surface area contributed by atoms with Crippen LogP contribution in [0.2, 0.25) is 0 Å². The van der Waals surface area contributed by atoms with E-state index in [4.69, 9.17) is 5.84 Å². The predicted molar refractivity (Wildman–Crippen MR) is 78.4 cm³/mol. The summed E-state index contributed by atoms with van der Waals surface area (Å²) in [5.74, 6) is 5.70. The lowest BCUT2D eigenvalue weighted by Crippen LogP contribution is -2.31. The van der Waals surface area contributed by atoms with Crippen LogP contribution in [0.3, 0.4) is 0 Å². The van der Waals surface area contributed by atoms with Crippen molar-refractivity contribution in [3.63, 3.8) is 0 Å². The van der Waals surface area contributed by atoms with Crippen LogP contribution < -0.4 is 11.3 Å². The molecule has 0 aliphatic heterocycles. The molecule has 0 bridgehead atoms. The summed E-state index contributed by atoms with van der Waals surface area (Å²) < 4.78 is 1.88. The van der Waals surface area contributed by atoms with Gasteiger partial charge in [0, 0.05) is 12.7 Å². The van der Waals surface area contributed by atoms with Gasteiger partial charge in [-0.05, 0) is 25.1 Å². The number of aromatic nitrogens is 5. The van der Waals surface area contributed by atoms with Crippen molar-refractivity contribution in [2.45, 2.75) is 19.5 Å². The van der Waals surface area contributed by atoms with E-state index in [0.29, 0.717) is 0 Å². The van der Waals surface area contributed by atoms with Crippen LogP contribution in [-0.4, -0.2) is 24.8 Å². The van der Waals surface area contributed by atoms with E-state index in [-0.39, 0.29) is 6.04 Å². The maximum absolute atomic E-state index is 5.70. The quantitative estimate of drug-likeness (QED) is 0.539. The van der Waals surface area contributed by atoms with Gasteiger partial charge < -0.3 is 0 Å². The lowest BCUT2D eigenvalue weighted by molar-refractivity contribution is 0.532. The molecule has 2 heterocycles. The third-order valence-electron chi connectivity index (χ3n) is 3.30. The zero-order chi connectivity index (χ0) is 14.7. The fourth-order valence-electron chi connectivity index (χ4n) is 2.27. The van der Waals surface area contributed by atoms with Gasteiger partial charge in [-0.2, -0.15) is 20.1 Å². The van der Waals surface area contributed by atoms with E-state index in [9.17, 15) is 0 Å². The van der Waals surface area contributed by atoms with Crippen LogP contribution in [0.15, 0.2) is 48.8 Å². The highest BCUT2D eigenvalue weighted by Crippen LogP contribution is 2.19. The van der Waals surface area contributed by atoms with Crippen molar-refractivity contribution in [2.75, 3.05) is 0 Å². The number of aryl methyl sites for hydroxylation is 1. The van der Waals surface area contributed by atoms with Crippen molar-refractivity contribution in [3.05, 3.63) is 60.2 Å². The van der Waals surface area contributed by atoms with Crippen molar-refractivity contribution in [3.8, 4) is 5.69 Å². The average molecular weight is 283 g/mol. The molecule has 0 saturated heterocycles. The van der Waals surface area contributed by atoms with Gasteiger partial charge >= 0.3 is 0 Å². The number of benzene rings is 1. The second kappa shape index (κ2) is 5.86. The molecular formula is C14H17N7. The van der Waals surface area contributed by atoms with Crippen LogP contribution in [0.25, 0.3) is 5.69 Å². The number of nitrogens with two attached hydrogens (primary N) is 1. The largest absolute Gasteiger partial charge is 0.270 e. The van der Waals surface area contributed by atoms with E-state index in [1.807, 2.05) is 48.0 Å². The van der Waals surface area contributed by atoms with Gasteiger partial charge in [0.15, 0.2) is 0 Å². The number of hydrogen-bond donors (Lipinski definition) is 2. The molecule has 0 amide bonds. The van der Waals surface area contributed by atoms with Crippen molar-refractivity contribution in [2.24, 2.45) is 5.84 Å². The highest BCUT2D eigenvalue weighted by molar-refractivity contribution is 5.29. The van der Waals surface area contributed by atoms with Crippen molar-refractivity contribution in [1.82, 2.24) is 30.2 Å². The van der Waals surface area contributed by atoms with Crippen LogP contribution in [0.1, 0.15) is 24.4 Å². The van der Waals surface area contributed by atoms with Gasteiger partial charge in [0.05, 0.1) is 17.6 Å². The lowest BCUT2D eigenvalue weighted by atomic mass is 10.1. The van der Waals surface area contributed by atoms with Crippen LogP contribution in [0, 0.1) is 0 Å². The second-order valence-corrected chi connectivity index (χ2v) is 4.57. The lowest BCUT2D eigenvalue weighted by Gasteiger charge is -2.14. The molecule has 21 heavy (non-hydrogen) atoms. The average Bonchev–Trinajstić information content (AvgIpc) is 3.19. The standard InChI is InChI=1S/C14H17N7/c1-2-20-13(8-9-16-20)14(18-15)12-10-17-21(19-12)11-6-4-3-5-7-11/h3-10,14,18H,2,15H2,1H3. The summed E-state index contributed by atoms with van der Waals surface area (Å²) in [5, 5.41) is 13.1. The van der Waals surface area contributed by atoms with E-state index < -0.39 is 0 Å². The number of para-hydroxylation sites is 1. The molecule has 0 radical (unpaired) electrons. The molecular weight excluding hydrogens is 266 g/mol. The maximum Gasteiger partial charge on any atom is 0.108 e. The monoisotopic (exact) mass is 283 g/mol. The topological polar surface area (TPSA) is 86.6 Å². The van der Waals surface area contributed by atoms with Crippen LogP contribution in [0.4, 0.5) is 0 Å². The Balaban J connectivity index is 1.94. The van der Waals surface area contributed by atoms with Crippen molar-refractivity contribution in [1.29, 1.82) is 0 Å². The van der Waals surface area contributed by atoms with Crippen LogP contribution in [0.5, 0.6) is 0 Å². The van der Waals surface area contributed by atoms with Gasteiger partial charge in [0.1, 0.15) is 11.7 Å². The molecule has 1 atom stereocenters. The van der Waals surface area contributed by atoms with Gasteiger partial charge in [-0.1, -0.05) is 18.2 Å². The third kappa shape index (κ3) is 2.56. The summed E-state index contributed by atoms with van der Waals surface area (Å²) in [4.78, 5) is 1.59. The van der Waals surface area contributed by atoms with E-state index >= 15 is 0 Å². The van der Waals surface area contributed by atoms with Crippen LogP contribution in [-0.2, 0) is 6.54 Å². The van der Waals surface area contributed by atoms with E-state index in [0.717, 1.165) is 23.6 Å². The summed E-state index contributed by atoms with van der Waals surface area (Å²) in [6.45, 7) is 2.80. The molecule has 0 fully saturated rings. The minimum Gasteiger partial charge on any atom is -0.270 e. The van der Waals surface area contributed by atoms with Crippen LogP contribution >= 0.6 is 0 Å². The maximum atomic E-state index is 5.70. The molecule has 2 aromatic heterocycles. The summed E-state index contributed by atoms with van der Waals surface area (Å²) in [6.07, 6.45) is 3.47. The number of nitrogens with zero attached hydrogens (tertiary/aromatic N) is 5. The molecule has 3 rings (SSSR count). The fraction of sp³-hybridized carbons (Fsp3) is 0.214. The number of hydrazine groups is 1. The Kier molecular flexibility index (Phi) is 3.76. The summed E-state index contributed by atoms with van der Waals surface area (Å²) in [6, 6.07) is 11.4. The summed E-state index contributed by atoms with van der Waals surface area (Å²) in [5.41, 5.74) is 5.39. The molecule has 0 spiro atoms. The SMILES string of the molecule is CCn1nccc1C(NN)c1cnn(-c2ccccc2)n1. The number of hydrogen-bond acceptors (Lipinski definition) is 5. The first-order chi connectivity index (χ1) is 10.3. The Morgan fingerprint density at radius 2 is 2.00 bits per heavy atom. The summed E-state index contributed by atoms with van der Waals surface area (Å²) in [7, 11) is 0. The molecule has 7 heteroatoms. The van der Waals surface area contributed by atoms with E-state index in [1.54, 1.807) is 17.2 Å². The summed E-state index contributed by atoms with van der Waals surface area (Å²) >= 11 is 0. The van der Waals surface area contributed by atoms with Crippen molar-refractivity contribution >= 4 is 0 Å². The zero-order valence-corrected chi connectivity index (χ0v) is 11.7. The third-order valence-corrected chi connectivity index (χ3v) is 3.30.